The summed E-state index contributed by atoms with van der Waals surface area (Å²) < 4.78 is 0. The Morgan fingerprint density at radius 3 is 2.63 bits per heavy atom. The second kappa shape index (κ2) is 7.06. The van der Waals surface area contributed by atoms with Gasteiger partial charge in [-0.15, -0.1) is 0 Å². The quantitative estimate of drug-likeness (QED) is 0.639. The number of aromatic nitrogens is 4. The highest BCUT2D eigenvalue weighted by atomic mass is 16.2. The van der Waals surface area contributed by atoms with Gasteiger partial charge in [0.2, 0.25) is 0 Å². The zero-order valence-corrected chi connectivity index (χ0v) is 16.8. The molecule has 0 fully saturated rings. The van der Waals surface area contributed by atoms with E-state index in [-0.39, 0.29) is 11.4 Å². The van der Waals surface area contributed by atoms with Crippen molar-refractivity contribution in [3.63, 3.8) is 0 Å². The van der Waals surface area contributed by atoms with E-state index in [2.05, 4.69) is 60.1 Å². The Morgan fingerprint density at radius 2 is 2.00 bits per heavy atom. The highest BCUT2D eigenvalue weighted by molar-refractivity contribution is 5.91. The van der Waals surface area contributed by atoms with Gasteiger partial charge in [-0.3, -0.25) is 5.10 Å². The van der Waals surface area contributed by atoms with Crippen molar-refractivity contribution in [2.75, 3.05) is 12.4 Å². The first-order valence-corrected chi connectivity index (χ1v) is 9.20. The molecule has 0 atom stereocenters. The summed E-state index contributed by atoms with van der Waals surface area (Å²) in [6, 6.07) is 7.52. The van der Waals surface area contributed by atoms with Crippen LogP contribution in [0.2, 0.25) is 0 Å². The molecule has 0 radical (unpaired) electrons. The predicted molar refractivity (Wildman–Crippen MR) is 108 cm³/mol. The van der Waals surface area contributed by atoms with Crippen LogP contribution in [0.15, 0.2) is 24.3 Å². The van der Waals surface area contributed by atoms with Crippen molar-refractivity contribution in [3.8, 4) is 0 Å². The zero-order valence-electron chi connectivity index (χ0n) is 16.8. The van der Waals surface area contributed by atoms with E-state index in [1.54, 1.807) is 11.9 Å². The molecule has 1 aromatic carbocycles. The van der Waals surface area contributed by atoms with Gasteiger partial charge in [0.1, 0.15) is 5.82 Å². The Bertz CT molecular complexity index is 947. The molecule has 0 aliphatic rings. The molecule has 144 valence electrons. The summed E-state index contributed by atoms with van der Waals surface area (Å²) in [6.45, 7) is 11.0. The lowest BCUT2D eigenvalue weighted by molar-refractivity contribution is 0.220. The van der Waals surface area contributed by atoms with Crippen molar-refractivity contribution in [2.45, 2.75) is 52.5 Å². The van der Waals surface area contributed by atoms with E-state index in [9.17, 15) is 4.79 Å². The largest absolute Gasteiger partial charge is 0.342 e. The number of urea groups is 1. The number of nitrogens with one attached hydrogen (secondary N) is 3. The average Bonchev–Trinajstić information content (AvgIpc) is 3.20. The number of rotatable bonds is 4. The molecule has 7 heteroatoms. The van der Waals surface area contributed by atoms with Crippen LogP contribution in [-0.2, 0) is 12.0 Å². The number of carbonyl (C=O) groups is 1. The van der Waals surface area contributed by atoms with Crippen molar-refractivity contribution in [3.05, 3.63) is 41.5 Å². The van der Waals surface area contributed by atoms with E-state index in [4.69, 9.17) is 0 Å². The minimum Gasteiger partial charge on any atom is -0.342 e. The van der Waals surface area contributed by atoms with Gasteiger partial charge in [0, 0.05) is 24.1 Å². The van der Waals surface area contributed by atoms with Crippen LogP contribution in [0.25, 0.3) is 11.0 Å². The smallest absolute Gasteiger partial charge is 0.321 e. The van der Waals surface area contributed by atoms with Gasteiger partial charge in [-0.2, -0.15) is 5.10 Å². The molecule has 7 nitrogen and oxygen atoms in total. The number of H-pyrrole nitrogens is 2. The molecule has 0 saturated heterocycles. The van der Waals surface area contributed by atoms with Gasteiger partial charge in [0.25, 0.3) is 0 Å². The van der Waals surface area contributed by atoms with E-state index >= 15 is 0 Å². The zero-order chi connectivity index (χ0) is 19.8. The minimum absolute atomic E-state index is 0.0239. The fraction of sp³-hybridized carbons (Fsp3) is 0.450. The van der Waals surface area contributed by atoms with Crippen LogP contribution in [0.3, 0.4) is 0 Å². The average molecular weight is 368 g/mol. The summed E-state index contributed by atoms with van der Waals surface area (Å²) in [5, 5.41) is 10.3. The molecule has 0 spiro atoms. The fourth-order valence-corrected chi connectivity index (χ4v) is 2.75. The molecular formula is C20H28N6O. The topological polar surface area (TPSA) is 89.7 Å². The molecule has 2 amide bonds. The van der Waals surface area contributed by atoms with Crippen molar-refractivity contribution < 1.29 is 4.79 Å². The summed E-state index contributed by atoms with van der Waals surface area (Å²) in [5.74, 6) is 1.27. The van der Waals surface area contributed by atoms with Crippen molar-refractivity contribution in [2.24, 2.45) is 0 Å². The number of carbonyl (C=O) groups excluding carboxylic acids is 1. The number of aromatic amines is 2. The molecule has 0 bridgehead atoms. The molecule has 3 rings (SSSR count). The van der Waals surface area contributed by atoms with Crippen molar-refractivity contribution in [1.29, 1.82) is 0 Å². The van der Waals surface area contributed by atoms with E-state index in [1.807, 2.05) is 24.3 Å². The maximum Gasteiger partial charge on any atom is 0.321 e. The molecular weight excluding hydrogens is 340 g/mol. The molecule has 27 heavy (non-hydrogen) atoms. The molecule has 3 aromatic rings. The number of fused-ring (bicyclic) bond motifs is 1. The highest BCUT2D eigenvalue weighted by Crippen LogP contribution is 2.22. The van der Waals surface area contributed by atoms with Crippen LogP contribution in [0.4, 0.5) is 10.5 Å². The highest BCUT2D eigenvalue weighted by Gasteiger charge is 2.18. The molecule has 0 aliphatic heterocycles. The summed E-state index contributed by atoms with van der Waals surface area (Å²) in [4.78, 5) is 22.0. The Balaban J connectivity index is 1.67. The summed E-state index contributed by atoms with van der Waals surface area (Å²) in [5.41, 5.74) is 4.42. The first-order valence-electron chi connectivity index (χ1n) is 9.20. The van der Waals surface area contributed by atoms with Crippen LogP contribution < -0.4 is 5.32 Å². The van der Waals surface area contributed by atoms with Gasteiger partial charge < -0.3 is 15.2 Å². The maximum absolute atomic E-state index is 12.5. The number of benzene rings is 1. The first kappa shape index (κ1) is 18.9. The van der Waals surface area contributed by atoms with E-state index in [1.165, 1.54) is 0 Å². The summed E-state index contributed by atoms with van der Waals surface area (Å²) >= 11 is 0. The number of imidazole rings is 1. The third kappa shape index (κ3) is 4.30. The lowest BCUT2D eigenvalue weighted by Crippen LogP contribution is -2.30. The summed E-state index contributed by atoms with van der Waals surface area (Å²) in [7, 11) is 1.76. The fourth-order valence-electron chi connectivity index (χ4n) is 2.75. The van der Waals surface area contributed by atoms with Gasteiger partial charge >= 0.3 is 6.03 Å². The lowest BCUT2D eigenvalue weighted by atomic mass is 9.92. The second-order valence-corrected chi connectivity index (χ2v) is 8.32. The minimum atomic E-state index is -0.176. The van der Waals surface area contributed by atoms with Crippen LogP contribution in [0.5, 0.6) is 0 Å². The van der Waals surface area contributed by atoms with Gasteiger partial charge in [-0.05, 0) is 24.3 Å². The number of anilines is 1. The molecule has 0 saturated carbocycles. The number of nitrogens with zero attached hydrogens (tertiary/aromatic N) is 3. The molecule has 2 heterocycles. The van der Waals surface area contributed by atoms with Gasteiger partial charge in [0.15, 0.2) is 0 Å². The van der Waals surface area contributed by atoms with Crippen molar-refractivity contribution >= 4 is 22.8 Å². The van der Waals surface area contributed by atoms with E-state index in [0.717, 1.165) is 33.9 Å². The number of amides is 2. The molecule has 0 aliphatic carbocycles. The Kier molecular flexibility index (Phi) is 4.95. The molecule has 3 N–H and O–H groups in total. The van der Waals surface area contributed by atoms with Crippen LogP contribution in [0, 0.1) is 0 Å². The Hall–Kier alpha value is -2.83. The third-order valence-corrected chi connectivity index (χ3v) is 4.45. The lowest BCUT2D eigenvalue weighted by Gasteiger charge is -2.17. The van der Waals surface area contributed by atoms with Crippen LogP contribution in [0.1, 0.15) is 57.7 Å². The van der Waals surface area contributed by atoms with Crippen LogP contribution >= 0.6 is 0 Å². The van der Waals surface area contributed by atoms with Gasteiger partial charge in [-0.25, -0.2) is 9.78 Å². The normalized spacial score (nSPS) is 12.0. The summed E-state index contributed by atoms with van der Waals surface area (Å²) in [6.07, 6.45) is 0. The van der Waals surface area contributed by atoms with Crippen LogP contribution in [-0.4, -0.2) is 38.1 Å². The molecule has 0 unspecified atom stereocenters. The Morgan fingerprint density at radius 1 is 1.26 bits per heavy atom. The van der Waals surface area contributed by atoms with E-state index < -0.39 is 0 Å². The van der Waals surface area contributed by atoms with Gasteiger partial charge in [-0.1, -0.05) is 34.6 Å². The third-order valence-electron chi connectivity index (χ3n) is 4.45. The molecule has 2 aromatic heterocycles. The van der Waals surface area contributed by atoms with Crippen molar-refractivity contribution in [1.82, 2.24) is 25.1 Å². The first-order chi connectivity index (χ1) is 12.6. The number of hydrogen-bond acceptors (Lipinski definition) is 3. The predicted octanol–water partition coefficient (Wildman–Crippen LogP) is 4.37. The second-order valence-electron chi connectivity index (χ2n) is 8.32. The Labute approximate surface area is 159 Å². The standard InChI is InChI=1S/C20H28N6O/c1-12(2)18-22-15-8-7-13(9-16(15)23-18)21-19(27)26(6)11-14-10-17(25-24-14)20(3,4)5/h7-10,12H,11H2,1-6H3,(H,21,27)(H,22,23)(H,24,25). The SMILES string of the molecule is CC(C)c1nc2ccc(NC(=O)N(C)Cc3cc(C(C)(C)C)n[nH]3)cc2[nH]1. The number of hydrogen-bond donors (Lipinski definition) is 3. The van der Waals surface area contributed by atoms with Gasteiger partial charge in [0.05, 0.1) is 29.0 Å². The maximum atomic E-state index is 12.5. The van der Waals surface area contributed by atoms with E-state index in [0.29, 0.717) is 12.5 Å². The monoisotopic (exact) mass is 368 g/mol.